The van der Waals surface area contributed by atoms with Crippen molar-refractivity contribution in [3.8, 4) is 11.8 Å². The number of rotatable bonds is 3. The van der Waals surface area contributed by atoms with Crippen molar-refractivity contribution in [2.24, 2.45) is 10.7 Å². The number of nitrogens with zero attached hydrogens (tertiary/aromatic N) is 4. The van der Waals surface area contributed by atoms with Crippen LogP contribution in [0, 0.1) is 11.3 Å². The molecular formula is C24H25N5O4S. The number of thioether (sulfide) groups is 1. The lowest BCUT2D eigenvalue weighted by Gasteiger charge is -2.33. The molecule has 1 fully saturated rings. The number of pyridine rings is 1. The lowest BCUT2D eigenvalue weighted by Crippen LogP contribution is -2.44. The minimum Gasteiger partial charge on any atom is -0.488 e. The number of likely N-dealkylation sites (tertiary alicyclic amines) is 1. The van der Waals surface area contributed by atoms with Crippen molar-refractivity contribution in [3.05, 3.63) is 40.4 Å². The fraction of sp³-hybridized carbons (Fsp3) is 0.375. The number of nitriles is 1. The summed E-state index contributed by atoms with van der Waals surface area (Å²) in [7, 11) is 0. The molecule has 2 N–H and O–H groups in total. The van der Waals surface area contributed by atoms with E-state index in [4.69, 9.17) is 15.2 Å². The Morgan fingerprint density at radius 3 is 2.68 bits per heavy atom. The summed E-state index contributed by atoms with van der Waals surface area (Å²) < 4.78 is 11.8. The summed E-state index contributed by atoms with van der Waals surface area (Å²) in [6.45, 7) is 6.52. The number of hydrogen-bond acceptors (Lipinski definition) is 8. The van der Waals surface area contributed by atoms with E-state index in [0.717, 1.165) is 17.3 Å². The number of nitrogens with two attached hydrogens (primary N) is 1. The lowest BCUT2D eigenvalue weighted by atomic mass is 10.1. The number of fused-ring (bicyclic) bond motifs is 1. The highest BCUT2D eigenvalue weighted by molar-refractivity contribution is 8.18. The molecule has 4 rings (SSSR count). The van der Waals surface area contributed by atoms with Gasteiger partial charge >= 0.3 is 6.09 Å². The molecule has 0 bridgehead atoms. The third kappa shape index (κ3) is 5.31. The van der Waals surface area contributed by atoms with Gasteiger partial charge in [-0.3, -0.25) is 9.78 Å². The van der Waals surface area contributed by atoms with Crippen molar-refractivity contribution >= 4 is 45.9 Å². The summed E-state index contributed by atoms with van der Waals surface area (Å²) in [5, 5.41) is 10.6. The van der Waals surface area contributed by atoms with Crippen LogP contribution in [0.15, 0.2) is 34.3 Å². The minimum atomic E-state index is -0.547. The highest BCUT2D eigenvalue weighted by Gasteiger charge is 2.28. The van der Waals surface area contributed by atoms with E-state index in [1.807, 2.05) is 39.0 Å². The van der Waals surface area contributed by atoms with Gasteiger partial charge in [0.05, 0.1) is 10.4 Å². The predicted octanol–water partition coefficient (Wildman–Crippen LogP) is 3.81. The molecule has 3 heterocycles. The highest BCUT2D eigenvalue weighted by Crippen LogP contribution is 2.33. The normalized spacial score (nSPS) is 18.2. The third-order valence-electron chi connectivity index (χ3n) is 5.28. The van der Waals surface area contributed by atoms with Gasteiger partial charge in [-0.15, -0.1) is 0 Å². The quantitative estimate of drug-likeness (QED) is 0.658. The van der Waals surface area contributed by atoms with Gasteiger partial charge < -0.3 is 20.1 Å². The molecule has 9 nitrogen and oxygen atoms in total. The summed E-state index contributed by atoms with van der Waals surface area (Å²) in [6.07, 6.45) is 3.92. The molecular weight excluding hydrogens is 454 g/mol. The topological polar surface area (TPSA) is 131 Å². The Morgan fingerprint density at radius 2 is 2.06 bits per heavy atom. The van der Waals surface area contributed by atoms with Gasteiger partial charge in [-0.25, -0.2) is 4.79 Å². The largest absolute Gasteiger partial charge is 0.488 e. The number of carbonyl (C=O) groups is 2. The van der Waals surface area contributed by atoms with Crippen molar-refractivity contribution in [1.82, 2.24) is 9.88 Å². The van der Waals surface area contributed by atoms with Gasteiger partial charge in [0.25, 0.3) is 5.91 Å². The number of benzene rings is 1. The molecule has 0 radical (unpaired) electrons. The Balaban J connectivity index is 1.55. The zero-order valence-corrected chi connectivity index (χ0v) is 20.0. The van der Waals surface area contributed by atoms with Crippen molar-refractivity contribution in [3.63, 3.8) is 0 Å². The van der Waals surface area contributed by atoms with Crippen LogP contribution >= 0.6 is 11.8 Å². The summed E-state index contributed by atoms with van der Waals surface area (Å²) in [4.78, 5) is 34.5. The predicted molar refractivity (Wildman–Crippen MR) is 130 cm³/mol. The number of hydrogen-bond donors (Lipinski definition) is 1. The molecule has 2 aliphatic rings. The molecule has 176 valence electrons. The summed E-state index contributed by atoms with van der Waals surface area (Å²) >= 11 is 1.12. The molecule has 2 amide bonds. The van der Waals surface area contributed by atoms with Crippen LogP contribution in [0.25, 0.3) is 17.0 Å². The maximum absolute atomic E-state index is 12.3. The van der Waals surface area contributed by atoms with E-state index in [2.05, 4.69) is 16.0 Å². The third-order valence-corrected chi connectivity index (χ3v) is 6.09. The molecule has 1 aromatic heterocycles. The van der Waals surface area contributed by atoms with E-state index >= 15 is 0 Å². The number of aromatic nitrogens is 1. The SMILES string of the molecule is CC(C)(C)OC(=O)N1CCC(Oc2c(C#N)cnc3ccc(/C=C4\SC(N)=NC4=O)cc23)CC1. The molecule has 0 atom stereocenters. The number of ether oxygens (including phenoxy) is 2. The van der Waals surface area contributed by atoms with Crippen LogP contribution in [0.5, 0.6) is 5.75 Å². The Hall–Kier alpha value is -3.58. The van der Waals surface area contributed by atoms with Crippen molar-refractivity contribution in [2.45, 2.75) is 45.3 Å². The van der Waals surface area contributed by atoms with Gasteiger partial charge in [0.15, 0.2) is 5.17 Å². The van der Waals surface area contributed by atoms with Crippen LogP contribution in [0.2, 0.25) is 0 Å². The summed E-state index contributed by atoms with van der Waals surface area (Å²) in [5.41, 5.74) is 6.83. The second-order valence-electron chi connectivity index (χ2n) is 9.04. The first-order valence-corrected chi connectivity index (χ1v) is 11.7. The molecule has 2 aliphatic heterocycles. The molecule has 0 unspecified atom stereocenters. The molecule has 1 aromatic carbocycles. The van der Waals surface area contributed by atoms with Crippen LogP contribution in [-0.2, 0) is 9.53 Å². The second kappa shape index (κ2) is 9.35. The summed E-state index contributed by atoms with van der Waals surface area (Å²) in [6, 6.07) is 7.64. The molecule has 0 saturated carbocycles. The molecule has 10 heteroatoms. The fourth-order valence-electron chi connectivity index (χ4n) is 3.71. The maximum atomic E-state index is 12.3. The molecule has 0 spiro atoms. The molecule has 1 saturated heterocycles. The molecule has 0 aliphatic carbocycles. The summed E-state index contributed by atoms with van der Waals surface area (Å²) in [5.74, 6) is 0.0735. The average molecular weight is 480 g/mol. The van der Waals surface area contributed by atoms with Crippen LogP contribution in [0.1, 0.15) is 44.7 Å². The first kappa shape index (κ1) is 23.6. The standard InChI is InChI=1S/C24H25N5O4S/c1-24(2,3)33-23(31)29-8-6-16(7-9-29)32-20-15(12-25)13-27-18-5-4-14(10-17(18)20)11-19-21(30)28-22(26)34-19/h4-5,10-11,13,16H,6-9H2,1-3H3,(H2,26,28,30)/b19-11-. The van der Waals surface area contributed by atoms with E-state index in [9.17, 15) is 14.9 Å². The van der Waals surface area contributed by atoms with Gasteiger partial charge in [-0.1, -0.05) is 6.07 Å². The minimum absolute atomic E-state index is 0.168. The van der Waals surface area contributed by atoms with Gasteiger partial charge in [0, 0.05) is 37.5 Å². The van der Waals surface area contributed by atoms with Gasteiger partial charge in [-0.05, 0) is 56.3 Å². The number of amides is 2. The number of piperidine rings is 1. The number of aliphatic imine (C=N–C) groups is 1. The van der Waals surface area contributed by atoms with E-state index < -0.39 is 5.60 Å². The van der Waals surface area contributed by atoms with Gasteiger partial charge in [-0.2, -0.15) is 10.3 Å². The van der Waals surface area contributed by atoms with Crippen LogP contribution in [0.3, 0.4) is 0 Å². The van der Waals surface area contributed by atoms with Crippen LogP contribution in [-0.4, -0.2) is 51.8 Å². The zero-order chi connectivity index (χ0) is 24.5. The van der Waals surface area contributed by atoms with Gasteiger partial charge in [0.1, 0.15) is 29.1 Å². The molecule has 34 heavy (non-hydrogen) atoms. The van der Waals surface area contributed by atoms with Crippen LogP contribution < -0.4 is 10.5 Å². The van der Waals surface area contributed by atoms with E-state index in [0.29, 0.717) is 53.1 Å². The number of amidine groups is 1. The van der Waals surface area contributed by atoms with E-state index in [1.165, 1.54) is 6.20 Å². The number of carbonyl (C=O) groups excluding carboxylic acids is 2. The Kier molecular flexibility index (Phi) is 6.48. The highest BCUT2D eigenvalue weighted by atomic mass is 32.2. The average Bonchev–Trinajstić information content (AvgIpc) is 3.09. The van der Waals surface area contributed by atoms with E-state index in [-0.39, 0.29) is 23.3 Å². The lowest BCUT2D eigenvalue weighted by molar-refractivity contribution is -0.113. The van der Waals surface area contributed by atoms with Crippen molar-refractivity contribution in [2.75, 3.05) is 13.1 Å². The van der Waals surface area contributed by atoms with Crippen molar-refractivity contribution in [1.29, 1.82) is 5.26 Å². The Morgan fingerprint density at radius 1 is 1.32 bits per heavy atom. The van der Waals surface area contributed by atoms with Crippen molar-refractivity contribution < 1.29 is 19.1 Å². The Labute approximate surface area is 201 Å². The smallest absolute Gasteiger partial charge is 0.410 e. The monoisotopic (exact) mass is 479 g/mol. The zero-order valence-electron chi connectivity index (χ0n) is 19.2. The fourth-order valence-corrected chi connectivity index (χ4v) is 4.39. The molecule has 2 aromatic rings. The van der Waals surface area contributed by atoms with Gasteiger partial charge in [0.2, 0.25) is 0 Å². The van der Waals surface area contributed by atoms with E-state index in [1.54, 1.807) is 11.0 Å². The van der Waals surface area contributed by atoms with Crippen LogP contribution in [0.4, 0.5) is 4.79 Å². The second-order valence-corrected chi connectivity index (χ2v) is 10.1. The Bertz CT molecular complexity index is 1250. The first-order chi connectivity index (χ1) is 16.1. The first-order valence-electron chi connectivity index (χ1n) is 10.9. The maximum Gasteiger partial charge on any atom is 0.410 e.